The van der Waals surface area contributed by atoms with Gasteiger partial charge in [-0.3, -0.25) is 0 Å². The molecule has 0 amide bonds. The zero-order valence-corrected chi connectivity index (χ0v) is 15.0. The van der Waals surface area contributed by atoms with Gasteiger partial charge in [-0.15, -0.1) is 0 Å². The smallest absolute Gasteiger partial charge is 0.0752 e. The van der Waals surface area contributed by atoms with Crippen LogP contribution in [0.15, 0.2) is 24.3 Å². The molecule has 0 aromatic rings. The van der Waals surface area contributed by atoms with Gasteiger partial charge >= 0.3 is 0 Å². The summed E-state index contributed by atoms with van der Waals surface area (Å²) in [5.41, 5.74) is 0.969. The third kappa shape index (κ3) is 4.07. The Morgan fingerprint density at radius 3 is 2.17 bits per heavy atom. The maximum absolute atomic E-state index is 10.6. The molecule has 132 valence electrons. The SMILES string of the molecule is C=C1CC[C@H]2[C@H](C(C)(C)O)CC[C@@]2(C)C[C@@H](O)C(=C)CC[C@H]1O. The topological polar surface area (TPSA) is 60.7 Å². The van der Waals surface area contributed by atoms with E-state index in [-0.39, 0.29) is 11.3 Å². The molecule has 2 saturated carbocycles. The first kappa shape index (κ1) is 18.7. The van der Waals surface area contributed by atoms with Crippen LogP contribution in [0.5, 0.6) is 0 Å². The molecule has 0 radical (unpaired) electrons. The summed E-state index contributed by atoms with van der Waals surface area (Å²) in [6.07, 6.45) is 4.58. The molecule has 0 aromatic carbocycles. The zero-order valence-electron chi connectivity index (χ0n) is 15.0. The summed E-state index contributed by atoms with van der Waals surface area (Å²) >= 11 is 0. The quantitative estimate of drug-likeness (QED) is 0.647. The van der Waals surface area contributed by atoms with E-state index < -0.39 is 17.8 Å². The zero-order chi connectivity index (χ0) is 17.4. The molecule has 2 rings (SSSR count). The van der Waals surface area contributed by atoms with Crippen molar-refractivity contribution in [1.82, 2.24) is 0 Å². The summed E-state index contributed by atoms with van der Waals surface area (Å²) in [7, 11) is 0. The predicted molar refractivity (Wildman–Crippen MR) is 94.0 cm³/mol. The fourth-order valence-corrected chi connectivity index (χ4v) is 4.79. The first-order chi connectivity index (χ1) is 10.5. The number of aliphatic hydroxyl groups is 3. The van der Waals surface area contributed by atoms with Gasteiger partial charge in [0.15, 0.2) is 0 Å². The minimum absolute atomic E-state index is 0.00258. The number of hydrogen-bond acceptors (Lipinski definition) is 3. The fourth-order valence-electron chi connectivity index (χ4n) is 4.79. The van der Waals surface area contributed by atoms with E-state index in [1.165, 1.54) is 0 Å². The predicted octanol–water partition coefficient (Wildman–Crippen LogP) is 3.59. The van der Waals surface area contributed by atoms with Crippen LogP contribution in [0.2, 0.25) is 0 Å². The van der Waals surface area contributed by atoms with Crippen molar-refractivity contribution in [2.45, 2.75) is 83.5 Å². The van der Waals surface area contributed by atoms with Crippen molar-refractivity contribution < 1.29 is 15.3 Å². The van der Waals surface area contributed by atoms with E-state index in [9.17, 15) is 15.3 Å². The first-order valence-corrected chi connectivity index (χ1v) is 8.98. The second kappa shape index (κ2) is 6.70. The summed E-state index contributed by atoms with van der Waals surface area (Å²) in [5, 5.41) is 31.4. The molecule has 23 heavy (non-hydrogen) atoms. The monoisotopic (exact) mass is 322 g/mol. The van der Waals surface area contributed by atoms with E-state index in [2.05, 4.69) is 20.1 Å². The minimum atomic E-state index is -0.718. The van der Waals surface area contributed by atoms with Crippen LogP contribution in [0, 0.1) is 17.3 Å². The van der Waals surface area contributed by atoms with Crippen LogP contribution in [0.3, 0.4) is 0 Å². The lowest BCUT2D eigenvalue weighted by molar-refractivity contribution is -0.0227. The summed E-state index contributed by atoms with van der Waals surface area (Å²) in [6, 6.07) is 0. The van der Waals surface area contributed by atoms with Crippen LogP contribution >= 0.6 is 0 Å². The molecule has 0 heterocycles. The number of aliphatic hydroxyl groups excluding tert-OH is 2. The van der Waals surface area contributed by atoms with Crippen molar-refractivity contribution in [1.29, 1.82) is 0 Å². The molecule has 2 aliphatic rings. The van der Waals surface area contributed by atoms with E-state index >= 15 is 0 Å². The molecule has 2 fully saturated rings. The van der Waals surface area contributed by atoms with E-state index in [0.29, 0.717) is 25.2 Å². The third-order valence-electron chi connectivity index (χ3n) is 6.43. The fraction of sp³-hybridized carbons (Fsp3) is 0.800. The Balaban J connectivity index is 2.30. The molecule has 2 aliphatic carbocycles. The van der Waals surface area contributed by atoms with Crippen LogP contribution in [0.1, 0.15) is 65.7 Å². The molecule has 0 saturated heterocycles. The third-order valence-corrected chi connectivity index (χ3v) is 6.43. The van der Waals surface area contributed by atoms with Crippen LogP contribution < -0.4 is 0 Å². The Morgan fingerprint density at radius 1 is 1.00 bits per heavy atom. The molecule has 0 aliphatic heterocycles. The molecule has 3 nitrogen and oxygen atoms in total. The van der Waals surface area contributed by atoms with Crippen molar-refractivity contribution in [2.24, 2.45) is 17.3 Å². The van der Waals surface area contributed by atoms with E-state index in [0.717, 1.165) is 36.8 Å². The second-order valence-electron chi connectivity index (χ2n) is 8.69. The summed E-state index contributed by atoms with van der Waals surface area (Å²) in [4.78, 5) is 0. The van der Waals surface area contributed by atoms with E-state index in [1.54, 1.807) is 0 Å². The summed E-state index contributed by atoms with van der Waals surface area (Å²) < 4.78 is 0. The van der Waals surface area contributed by atoms with Gasteiger partial charge in [0.1, 0.15) is 0 Å². The summed E-state index contributed by atoms with van der Waals surface area (Å²) in [6.45, 7) is 14.1. The lowest BCUT2D eigenvalue weighted by Gasteiger charge is -2.40. The van der Waals surface area contributed by atoms with Gasteiger partial charge in [0.2, 0.25) is 0 Å². The minimum Gasteiger partial charge on any atom is -0.390 e. The number of fused-ring (bicyclic) bond motifs is 1. The van der Waals surface area contributed by atoms with Gasteiger partial charge in [0, 0.05) is 0 Å². The maximum atomic E-state index is 10.6. The summed E-state index contributed by atoms with van der Waals surface area (Å²) in [5.74, 6) is 0.547. The molecular formula is C20H34O3. The average molecular weight is 322 g/mol. The van der Waals surface area contributed by atoms with Crippen LogP contribution in [0.4, 0.5) is 0 Å². The Bertz CT molecular complexity index is 462. The Hall–Kier alpha value is -0.640. The van der Waals surface area contributed by atoms with Gasteiger partial charge in [-0.2, -0.15) is 0 Å². The van der Waals surface area contributed by atoms with Gasteiger partial charge in [-0.1, -0.05) is 20.1 Å². The standard InChI is InChI=1S/C20H34O3/c1-13-6-8-16-15(19(3,4)23)10-11-20(16,5)12-18(22)14(2)7-9-17(13)21/h15-18,21-23H,1-2,6-12H2,3-5H3/t15-,16+,17-,18-,20+/m1/s1. The van der Waals surface area contributed by atoms with Gasteiger partial charge in [-0.05, 0) is 87.2 Å². The highest BCUT2D eigenvalue weighted by molar-refractivity contribution is 5.11. The molecule has 0 spiro atoms. The Kier molecular flexibility index (Phi) is 5.44. The highest BCUT2D eigenvalue weighted by atomic mass is 16.3. The van der Waals surface area contributed by atoms with Gasteiger partial charge < -0.3 is 15.3 Å². The van der Waals surface area contributed by atoms with Crippen molar-refractivity contribution >= 4 is 0 Å². The van der Waals surface area contributed by atoms with Gasteiger partial charge in [0.25, 0.3) is 0 Å². The van der Waals surface area contributed by atoms with E-state index in [4.69, 9.17) is 0 Å². The maximum Gasteiger partial charge on any atom is 0.0752 e. The van der Waals surface area contributed by atoms with Gasteiger partial charge in [-0.25, -0.2) is 0 Å². The molecule has 0 bridgehead atoms. The molecule has 3 N–H and O–H groups in total. The molecule has 5 atom stereocenters. The second-order valence-corrected chi connectivity index (χ2v) is 8.69. The highest BCUT2D eigenvalue weighted by Gasteiger charge is 2.50. The lowest BCUT2D eigenvalue weighted by atomic mass is 9.67. The first-order valence-electron chi connectivity index (χ1n) is 8.98. The molecule has 0 unspecified atom stereocenters. The molecule has 3 heteroatoms. The number of hydrogen-bond donors (Lipinski definition) is 3. The molecule has 0 aromatic heterocycles. The van der Waals surface area contributed by atoms with Crippen molar-refractivity contribution in [3.63, 3.8) is 0 Å². The Labute approximate surface area is 141 Å². The number of rotatable bonds is 1. The van der Waals surface area contributed by atoms with Crippen LogP contribution in [0.25, 0.3) is 0 Å². The van der Waals surface area contributed by atoms with Crippen LogP contribution in [-0.2, 0) is 0 Å². The highest BCUT2D eigenvalue weighted by Crippen LogP contribution is 2.55. The normalized spacial score (nSPS) is 40.6. The van der Waals surface area contributed by atoms with Crippen molar-refractivity contribution in [3.8, 4) is 0 Å². The Morgan fingerprint density at radius 2 is 1.57 bits per heavy atom. The van der Waals surface area contributed by atoms with Gasteiger partial charge in [0.05, 0.1) is 17.8 Å². The van der Waals surface area contributed by atoms with Crippen molar-refractivity contribution in [2.75, 3.05) is 0 Å². The lowest BCUT2D eigenvalue weighted by Crippen LogP contribution is -2.38. The van der Waals surface area contributed by atoms with Crippen LogP contribution in [-0.4, -0.2) is 33.1 Å². The average Bonchev–Trinajstić information content (AvgIpc) is 2.77. The van der Waals surface area contributed by atoms with Crippen molar-refractivity contribution in [3.05, 3.63) is 24.3 Å². The van der Waals surface area contributed by atoms with E-state index in [1.807, 2.05) is 13.8 Å². The largest absolute Gasteiger partial charge is 0.390 e. The molecular weight excluding hydrogens is 288 g/mol.